The minimum Gasteiger partial charge on any atom is -0.465 e. The molecule has 1 saturated heterocycles. The molecule has 1 fully saturated rings. The van der Waals surface area contributed by atoms with E-state index >= 15 is 0 Å². The van der Waals surface area contributed by atoms with Crippen molar-refractivity contribution in [3.8, 4) is 0 Å². The second-order valence-electron chi connectivity index (χ2n) is 6.65. The van der Waals surface area contributed by atoms with Crippen molar-refractivity contribution in [2.24, 2.45) is 0 Å². The van der Waals surface area contributed by atoms with Crippen LogP contribution in [0.4, 0.5) is 5.13 Å². The van der Waals surface area contributed by atoms with Crippen molar-refractivity contribution in [1.29, 1.82) is 0 Å². The van der Waals surface area contributed by atoms with Gasteiger partial charge in [0.2, 0.25) is 5.91 Å². The highest BCUT2D eigenvalue weighted by Crippen LogP contribution is 2.40. The molecule has 4 rings (SSSR count). The Morgan fingerprint density at radius 1 is 1.35 bits per heavy atom. The molecule has 26 heavy (non-hydrogen) atoms. The molecule has 0 spiro atoms. The topological polar surface area (TPSA) is 71.5 Å². The largest absolute Gasteiger partial charge is 0.465 e. The van der Waals surface area contributed by atoms with Crippen LogP contribution in [0.2, 0.25) is 0 Å². The maximum Gasteiger partial charge on any atom is 0.337 e. The predicted molar refractivity (Wildman–Crippen MR) is 99.6 cm³/mol. The van der Waals surface area contributed by atoms with Crippen LogP contribution in [-0.2, 0) is 16.1 Å². The second-order valence-corrected chi connectivity index (χ2v) is 7.66. The number of esters is 1. The summed E-state index contributed by atoms with van der Waals surface area (Å²) in [6.45, 7) is 2.55. The quantitative estimate of drug-likeness (QED) is 0.840. The van der Waals surface area contributed by atoms with Crippen molar-refractivity contribution in [2.75, 3.05) is 25.1 Å². The summed E-state index contributed by atoms with van der Waals surface area (Å²) in [5.74, 6) is -0.454. The molecule has 0 radical (unpaired) electrons. The number of aromatic nitrogens is 1. The first kappa shape index (κ1) is 17.0. The van der Waals surface area contributed by atoms with Gasteiger partial charge in [-0.25, -0.2) is 9.78 Å². The molecule has 0 aliphatic carbocycles. The van der Waals surface area contributed by atoms with Crippen molar-refractivity contribution in [2.45, 2.75) is 31.7 Å². The van der Waals surface area contributed by atoms with E-state index in [-0.39, 0.29) is 17.8 Å². The van der Waals surface area contributed by atoms with Crippen LogP contribution in [0.3, 0.4) is 0 Å². The van der Waals surface area contributed by atoms with E-state index in [0.29, 0.717) is 18.5 Å². The SMILES string of the molecule is COC(=O)c1cccc(C2CC(=O)NCc3nc(N4CCCC4)sc32)c1. The molecule has 1 aromatic carbocycles. The summed E-state index contributed by atoms with van der Waals surface area (Å²) >= 11 is 1.68. The zero-order valence-electron chi connectivity index (χ0n) is 14.7. The van der Waals surface area contributed by atoms with Crippen LogP contribution in [0, 0.1) is 0 Å². The monoisotopic (exact) mass is 371 g/mol. The van der Waals surface area contributed by atoms with E-state index < -0.39 is 0 Å². The van der Waals surface area contributed by atoms with Crippen LogP contribution >= 0.6 is 11.3 Å². The van der Waals surface area contributed by atoms with Crippen LogP contribution in [0.15, 0.2) is 24.3 Å². The van der Waals surface area contributed by atoms with Gasteiger partial charge in [-0.3, -0.25) is 4.79 Å². The summed E-state index contributed by atoms with van der Waals surface area (Å²) in [7, 11) is 1.37. The Morgan fingerprint density at radius 2 is 2.15 bits per heavy atom. The van der Waals surface area contributed by atoms with Gasteiger partial charge in [-0.2, -0.15) is 0 Å². The molecule has 7 heteroatoms. The third kappa shape index (κ3) is 3.19. The van der Waals surface area contributed by atoms with E-state index in [4.69, 9.17) is 9.72 Å². The lowest BCUT2D eigenvalue weighted by Gasteiger charge is -2.15. The third-order valence-corrected chi connectivity index (χ3v) is 6.23. The molecule has 1 amide bonds. The highest BCUT2D eigenvalue weighted by atomic mass is 32.1. The van der Waals surface area contributed by atoms with E-state index in [1.165, 1.54) is 20.0 Å². The summed E-state index contributed by atoms with van der Waals surface area (Å²) in [6.07, 6.45) is 2.76. The molecule has 1 aromatic heterocycles. The van der Waals surface area contributed by atoms with Gasteiger partial charge in [-0.05, 0) is 30.5 Å². The van der Waals surface area contributed by atoms with Gasteiger partial charge in [0.05, 0.1) is 24.9 Å². The van der Waals surface area contributed by atoms with Crippen LogP contribution in [0.5, 0.6) is 0 Å². The zero-order valence-corrected chi connectivity index (χ0v) is 15.5. The number of nitrogens with zero attached hydrogens (tertiary/aromatic N) is 2. The average Bonchev–Trinajstić information content (AvgIpc) is 3.31. The van der Waals surface area contributed by atoms with E-state index in [1.807, 2.05) is 18.2 Å². The number of ether oxygens (including phenoxy) is 1. The van der Waals surface area contributed by atoms with Crippen molar-refractivity contribution < 1.29 is 14.3 Å². The number of hydrogen-bond acceptors (Lipinski definition) is 6. The number of carbonyl (C=O) groups excluding carboxylic acids is 2. The fourth-order valence-electron chi connectivity index (χ4n) is 3.60. The first-order chi connectivity index (χ1) is 12.7. The lowest BCUT2D eigenvalue weighted by molar-refractivity contribution is -0.121. The Balaban J connectivity index is 1.73. The molecule has 0 bridgehead atoms. The smallest absolute Gasteiger partial charge is 0.337 e. The minimum absolute atomic E-state index is 0.00592. The van der Waals surface area contributed by atoms with Gasteiger partial charge < -0.3 is 15.0 Å². The third-order valence-electron chi connectivity index (χ3n) is 4.96. The molecule has 6 nitrogen and oxygen atoms in total. The number of thiazole rings is 1. The zero-order chi connectivity index (χ0) is 18.1. The fourth-order valence-corrected chi connectivity index (χ4v) is 4.86. The molecule has 2 aliphatic heterocycles. The number of anilines is 1. The molecule has 1 unspecified atom stereocenters. The summed E-state index contributed by atoms with van der Waals surface area (Å²) in [5, 5.41) is 3.99. The maximum absolute atomic E-state index is 12.2. The summed E-state index contributed by atoms with van der Waals surface area (Å²) < 4.78 is 4.83. The Labute approximate surface area is 156 Å². The van der Waals surface area contributed by atoms with Gasteiger partial charge in [0.25, 0.3) is 0 Å². The van der Waals surface area contributed by atoms with E-state index in [2.05, 4.69) is 10.2 Å². The standard InChI is InChI=1S/C19H21N3O3S/c1-25-18(24)13-6-4-5-12(9-13)14-10-16(23)20-11-15-17(14)26-19(21-15)22-7-2-3-8-22/h4-6,9,14H,2-3,7-8,10-11H2,1H3,(H,20,23). The predicted octanol–water partition coefficient (Wildman–Crippen LogP) is 2.68. The normalized spacial score (nSPS) is 19.7. The molecule has 2 aromatic rings. The van der Waals surface area contributed by atoms with Gasteiger partial charge in [-0.1, -0.05) is 12.1 Å². The van der Waals surface area contributed by atoms with Gasteiger partial charge >= 0.3 is 5.97 Å². The Hall–Kier alpha value is -2.41. The fraction of sp³-hybridized carbons (Fsp3) is 0.421. The molecule has 1 N–H and O–H groups in total. The minimum atomic E-state index is -0.368. The molecular formula is C19H21N3O3S. The first-order valence-corrected chi connectivity index (χ1v) is 9.67. The number of amides is 1. The van der Waals surface area contributed by atoms with E-state index in [1.54, 1.807) is 17.4 Å². The first-order valence-electron chi connectivity index (χ1n) is 8.85. The number of methoxy groups -OCH3 is 1. The van der Waals surface area contributed by atoms with Gasteiger partial charge in [0, 0.05) is 30.3 Å². The van der Waals surface area contributed by atoms with Gasteiger partial charge in [-0.15, -0.1) is 11.3 Å². The maximum atomic E-state index is 12.2. The van der Waals surface area contributed by atoms with Crippen LogP contribution in [0.25, 0.3) is 0 Å². The number of benzene rings is 1. The van der Waals surface area contributed by atoms with Gasteiger partial charge in [0.1, 0.15) is 0 Å². The Kier molecular flexibility index (Phi) is 4.63. The van der Waals surface area contributed by atoms with Gasteiger partial charge in [0.15, 0.2) is 5.13 Å². The lowest BCUT2D eigenvalue weighted by atomic mass is 9.92. The highest BCUT2D eigenvalue weighted by Gasteiger charge is 2.30. The van der Waals surface area contributed by atoms with Crippen molar-refractivity contribution in [3.05, 3.63) is 46.0 Å². The Bertz CT molecular complexity index is 842. The lowest BCUT2D eigenvalue weighted by Crippen LogP contribution is -2.22. The van der Waals surface area contributed by atoms with Crippen molar-refractivity contribution >= 4 is 28.3 Å². The summed E-state index contributed by atoms with van der Waals surface area (Å²) in [4.78, 5) is 32.4. The van der Waals surface area contributed by atoms with Crippen molar-refractivity contribution in [1.82, 2.24) is 10.3 Å². The van der Waals surface area contributed by atoms with Crippen LogP contribution in [0.1, 0.15) is 51.7 Å². The molecule has 3 heterocycles. The number of rotatable bonds is 3. The molecule has 2 aliphatic rings. The summed E-state index contributed by atoms with van der Waals surface area (Å²) in [5.41, 5.74) is 2.39. The molecule has 1 atom stereocenters. The molecule has 0 saturated carbocycles. The number of nitrogens with one attached hydrogen (secondary N) is 1. The summed E-state index contributed by atoms with van der Waals surface area (Å²) in [6, 6.07) is 7.37. The van der Waals surface area contributed by atoms with E-state index in [9.17, 15) is 9.59 Å². The molecule has 136 valence electrons. The van der Waals surface area contributed by atoms with Crippen LogP contribution in [-0.4, -0.2) is 37.1 Å². The molecular weight excluding hydrogens is 350 g/mol. The van der Waals surface area contributed by atoms with E-state index in [0.717, 1.165) is 34.4 Å². The average molecular weight is 371 g/mol. The highest BCUT2D eigenvalue weighted by molar-refractivity contribution is 7.15. The van der Waals surface area contributed by atoms with Crippen LogP contribution < -0.4 is 10.2 Å². The number of hydrogen-bond donors (Lipinski definition) is 1. The second kappa shape index (κ2) is 7.07. The number of fused-ring (bicyclic) bond motifs is 1. The number of carbonyl (C=O) groups is 2. The van der Waals surface area contributed by atoms with Crippen molar-refractivity contribution in [3.63, 3.8) is 0 Å². The Morgan fingerprint density at radius 3 is 2.92 bits per heavy atom.